The average Bonchev–Trinajstić information content (AvgIpc) is 2.46. The predicted molar refractivity (Wildman–Crippen MR) is 78.8 cm³/mol. The second-order valence-electron chi connectivity index (χ2n) is 7.60. The van der Waals surface area contributed by atoms with Crippen LogP contribution in [0.2, 0.25) is 0 Å². The molecule has 3 saturated carbocycles. The van der Waals surface area contributed by atoms with Crippen LogP contribution in [-0.2, 0) is 4.79 Å². The Balaban J connectivity index is 1.62. The molecule has 108 valence electrons. The highest BCUT2D eigenvalue weighted by atomic mass is 16.1. The Morgan fingerprint density at radius 2 is 1.58 bits per heavy atom. The van der Waals surface area contributed by atoms with Crippen molar-refractivity contribution < 1.29 is 4.79 Å². The van der Waals surface area contributed by atoms with Crippen LogP contribution < -0.4 is 0 Å². The molecule has 3 rings (SSSR count). The van der Waals surface area contributed by atoms with Gasteiger partial charge in [-0.25, -0.2) is 0 Å². The van der Waals surface area contributed by atoms with Gasteiger partial charge in [0.05, 0.1) is 0 Å². The Labute approximate surface area is 118 Å². The summed E-state index contributed by atoms with van der Waals surface area (Å²) in [6.45, 7) is 2.34. The van der Waals surface area contributed by atoms with E-state index in [9.17, 15) is 4.79 Å². The van der Waals surface area contributed by atoms with Crippen molar-refractivity contribution in [2.75, 3.05) is 0 Å². The van der Waals surface area contributed by atoms with E-state index < -0.39 is 0 Å². The van der Waals surface area contributed by atoms with Crippen LogP contribution in [0.5, 0.6) is 0 Å². The average molecular weight is 262 g/mol. The number of rotatable bonds is 3. The van der Waals surface area contributed by atoms with Crippen LogP contribution in [0, 0.1) is 35.5 Å². The molecule has 19 heavy (non-hydrogen) atoms. The van der Waals surface area contributed by atoms with Crippen molar-refractivity contribution >= 4 is 6.29 Å². The lowest BCUT2D eigenvalue weighted by atomic mass is 9.55. The second-order valence-corrected chi connectivity index (χ2v) is 7.60. The summed E-state index contributed by atoms with van der Waals surface area (Å²) < 4.78 is 0. The van der Waals surface area contributed by atoms with Crippen molar-refractivity contribution in [3.63, 3.8) is 0 Å². The van der Waals surface area contributed by atoms with Gasteiger partial charge in [-0.1, -0.05) is 26.2 Å². The lowest BCUT2D eigenvalue weighted by Crippen LogP contribution is -2.41. The maximum absolute atomic E-state index is 11.0. The third kappa shape index (κ3) is 2.76. The molecule has 3 aliphatic carbocycles. The Morgan fingerprint density at radius 3 is 2.26 bits per heavy atom. The van der Waals surface area contributed by atoms with E-state index in [4.69, 9.17) is 0 Å². The van der Waals surface area contributed by atoms with Gasteiger partial charge < -0.3 is 4.79 Å². The molecule has 1 nitrogen and oxygen atoms in total. The second kappa shape index (κ2) is 5.97. The van der Waals surface area contributed by atoms with Gasteiger partial charge in [-0.3, -0.25) is 0 Å². The van der Waals surface area contributed by atoms with Crippen molar-refractivity contribution in [2.24, 2.45) is 35.5 Å². The highest BCUT2D eigenvalue weighted by Gasteiger charge is 2.44. The fourth-order valence-corrected chi connectivity index (χ4v) is 5.72. The first-order chi connectivity index (χ1) is 9.31. The van der Waals surface area contributed by atoms with Crippen LogP contribution in [0.3, 0.4) is 0 Å². The molecule has 0 aromatic rings. The lowest BCUT2D eigenvalue weighted by molar-refractivity contribution is -0.114. The van der Waals surface area contributed by atoms with Crippen LogP contribution in [0.25, 0.3) is 0 Å². The molecular weight excluding hydrogens is 232 g/mol. The quantitative estimate of drug-likeness (QED) is 0.665. The fraction of sp³-hybridized carbons (Fsp3) is 0.944. The minimum absolute atomic E-state index is 0.397. The monoisotopic (exact) mass is 262 g/mol. The maximum Gasteiger partial charge on any atom is 0.123 e. The molecular formula is C18H30O. The summed E-state index contributed by atoms with van der Waals surface area (Å²) in [6, 6.07) is 0. The zero-order chi connectivity index (χ0) is 13.2. The topological polar surface area (TPSA) is 17.1 Å². The van der Waals surface area contributed by atoms with Crippen molar-refractivity contribution in [1.82, 2.24) is 0 Å². The van der Waals surface area contributed by atoms with Crippen LogP contribution in [0.4, 0.5) is 0 Å². The van der Waals surface area contributed by atoms with E-state index in [1.54, 1.807) is 0 Å². The summed E-state index contributed by atoms with van der Waals surface area (Å²) in [4.78, 5) is 11.0. The largest absolute Gasteiger partial charge is 0.303 e. The first-order valence-corrected chi connectivity index (χ1v) is 8.77. The third-order valence-corrected chi connectivity index (χ3v) is 6.58. The van der Waals surface area contributed by atoms with Crippen LogP contribution >= 0.6 is 0 Å². The summed E-state index contributed by atoms with van der Waals surface area (Å²) in [6.07, 6.45) is 15.2. The van der Waals surface area contributed by atoms with Crippen LogP contribution in [-0.4, -0.2) is 6.29 Å². The van der Waals surface area contributed by atoms with Gasteiger partial charge in [0.2, 0.25) is 0 Å². The molecule has 0 heterocycles. The normalized spacial score (nSPS) is 46.2. The summed E-state index contributed by atoms with van der Waals surface area (Å²) in [5, 5.41) is 0. The number of carbonyl (C=O) groups is 1. The predicted octanol–water partition coefficient (Wildman–Crippen LogP) is 4.84. The van der Waals surface area contributed by atoms with Crippen LogP contribution in [0.1, 0.15) is 71.1 Å². The Hall–Kier alpha value is -0.330. The zero-order valence-electron chi connectivity index (χ0n) is 12.5. The van der Waals surface area contributed by atoms with Crippen molar-refractivity contribution in [2.45, 2.75) is 71.1 Å². The minimum atomic E-state index is 0.397. The molecule has 0 amide bonds. The van der Waals surface area contributed by atoms with E-state index in [0.717, 1.165) is 29.6 Å². The van der Waals surface area contributed by atoms with Gasteiger partial charge in [-0.15, -0.1) is 0 Å². The minimum Gasteiger partial charge on any atom is -0.303 e. The molecule has 0 bridgehead atoms. The number of fused-ring (bicyclic) bond motifs is 3. The van der Waals surface area contributed by atoms with Crippen molar-refractivity contribution in [1.29, 1.82) is 0 Å². The standard InChI is InChI=1S/C18H30O/c1-2-3-13-4-8-17-15(10-13)6-7-16-11-14(12-19)5-9-18(16)17/h12-18H,2-11H2,1H3/t13?,14-,15+,16-,17+,18+/m1/s1. The molecule has 0 saturated heterocycles. The summed E-state index contributed by atoms with van der Waals surface area (Å²) in [5.74, 6) is 5.38. The molecule has 3 fully saturated rings. The molecule has 0 aromatic carbocycles. The summed E-state index contributed by atoms with van der Waals surface area (Å²) in [7, 11) is 0. The van der Waals surface area contributed by atoms with E-state index >= 15 is 0 Å². The molecule has 1 heteroatoms. The molecule has 0 radical (unpaired) electrons. The lowest BCUT2D eigenvalue weighted by Gasteiger charge is -2.50. The maximum atomic E-state index is 11.0. The van der Waals surface area contributed by atoms with E-state index in [1.807, 2.05) is 0 Å². The summed E-state index contributed by atoms with van der Waals surface area (Å²) in [5.41, 5.74) is 0. The van der Waals surface area contributed by atoms with Crippen molar-refractivity contribution in [3.8, 4) is 0 Å². The fourth-order valence-electron chi connectivity index (χ4n) is 5.72. The van der Waals surface area contributed by atoms with Gasteiger partial charge in [-0.2, -0.15) is 0 Å². The van der Waals surface area contributed by atoms with E-state index in [2.05, 4.69) is 6.92 Å². The third-order valence-electron chi connectivity index (χ3n) is 6.58. The molecule has 1 unspecified atom stereocenters. The smallest absolute Gasteiger partial charge is 0.123 e. The van der Waals surface area contributed by atoms with Gasteiger partial charge >= 0.3 is 0 Å². The molecule has 6 atom stereocenters. The Bertz CT molecular complexity index is 311. The number of aldehydes is 1. The van der Waals surface area contributed by atoms with Gasteiger partial charge in [0.15, 0.2) is 0 Å². The highest BCUT2D eigenvalue weighted by molar-refractivity contribution is 5.53. The molecule has 0 aliphatic heterocycles. The molecule has 0 N–H and O–H groups in total. The number of hydrogen-bond donors (Lipinski definition) is 0. The SMILES string of the molecule is CCCC1CC[C@H]2[C@@H](CC[C@@H]3C[C@H](C=O)CC[C@@H]32)C1. The van der Waals surface area contributed by atoms with Gasteiger partial charge in [0.25, 0.3) is 0 Å². The van der Waals surface area contributed by atoms with Gasteiger partial charge in [0.1, 0.15) is 6.29 Å². The first-order valence-electron chi connectivity index (χ1n) is 8.77. The molecule has 3 aliphatic rings. The van der Waals surface area contributed by atoms with E-state index in [-0.39, 0.29) is 0 Å². The molecule has 0 aromatic heterocycles. The molecule has 0 spiro atoms. The number of hydrogen-bond acceptors (Lipinski definition) is 1. The zero-order valence-corrected chi connectivity index (χ0v) is 12.5. The van der Waals surface area contributed by atoms with Crippen LogP contribution in [0.15, 0.2) is 0 Å². The van der Waals surface area contributed by atoms with E-state index in [1.165, 1.54) is 70.5 Å². The van der Waals surface area contributed by atoms with Gasteiger partial charge in [0, 0.05) is 5.92 Å². The Morgan fingerprint density at radius 1 is 0.895 bits per heavy atom. The van der Waals surface area contributed by atoms with Gasteiger partial charge in [-0.05, 0) is 74.5 Å². The number of carbonyl (C=O) groups excluding carboxylic acids is 1. The van der Waals surface area contributed by atoms with E-state index in [0.29, 0.717) is 5.92 Å². The Kier molecular flexibility index (Phi) is 4.29. The summed E-state index contributed by atoms with van der Waals surface area (Å²) >= 11 is 0. The van der Waals surface area contributed by atoms with Crippen molar-refractivity contribution in [3.05, 3.63) is 0 Å². The first kappa shape index (κ1) is 13.6. The highest BCUT2D eigenvalue weighted by Crippen LogP contribution is 2.53.